The van der Waals surface area contributed by atoms with Crippen molar-refractivity contribution < 1.29 is 5.11 Å². The van der Waals surface area contributed by atoms with E-state index in [0.717, 1.165) is 22.2 Å². The molecule has 0 aliphatic carbocycles. The fourth-order valence-corrected chi connectivity index (χ4v) is 2.66. The summed E-state index contributed by atoms with van der Waals surface area (Å²) in [6, 6.07) is 17.5. The number of benzene rings is 2. The molecule has 4 nitrogen and oxygen atoms in total. The lowest BCUT2D eigenvalue weighted by atomic mass is 10.1. The van der Waals surface area contributed by atoms with Gasteiger partial charge in [-0.25, -0.2) is 4.68 Å². The van der Waals surface area contributed by atoms with Gasteiger partial charge in [0.2, 0.25) is 0 Å². The van der Waals surface area contributed by atoms with Gasteiger partial charge in [-0.3, -0.25) is 0 Å². The summed E-state index contributed by atoms with van der Waals surface area (Å²) in [4.78, 5) is 0. The quantitative estimate of drug-likeness (QED) is 0.723. The molecule has 2 unspecified atom stereocenters. The minimum absolute atomic E-state index is 0.326. The van der Waals surface area contributed by atoms with Crippen LogP contribution in [-0.4, -0.2) is 26.2 Å². The Labute approximate surface area is 141 Å². The molecular formula is C20H21N3O. The molecule has 0 spiro atoms. The third kappa shape index (κ3) is 3.60. The second-order valence-corrected chi connectivity index (χ2v) is 6.02. The van der Waals surface area contributed by atoms with Crippen LogP contribution in [0, 0.1) is 0 Å². The molecule has 0 radical (unpaired) electrons. The first kappa shape index (κ1) is 16.1. The molecule has 0 amide bonds. The zero-order chi connectivity index (χ0) is 16.9. The van der Waals surface area contributed by atoms with E-state index >= 15 is 0 Å². The summed E-state index contributed by atoms with van der Waals surface area (Å²) in [5.41, 5.74) is 3.86. The topological polar surface area (TPSA) is 50.9 Å². The highest BCUT2D eigenvalue weighted by Gasteiger charge is 2.19. The zero-order valence-corrected chi connectivity index (χ0v) is 13.9. The number of aromatic nitrogens is 3. The fraction of sp³-hybridized carbons (Fsp3) is 0.200. The van der Waals surface area contributed by atoms with Crippen molar-refractivity contribution in [2.75, 3.05) is 0 Å². The average Bonchev–Trinajstić information content (AvgIpc) is 2.99. The van der Waals surface area contributed by atoms with Crippen molar-refractivity contribution in [1.82, 2.24) is 15.0 Å². The number of hydrogen-bond acceptors (Lipinski definition) is 3. The number of hydrogen-bond donors (Lipinski definition) is 1. The van der Waals surface area contributed by atoms with Crippen LogP contribution in [0.2, 0.25) is 0 Å². The van der Waals surface area contributed by atoms with Crippen molar-refractivity contribution in [3.63, 3.8) is 0 Å². The van der Waals surface area contributed by atoms with Crippen LogP contribution >= 0.6 is 0 Å². The first-order chi connectivity index (χ1) is 11.6. The Hall–Kier alpha value is -2.72. The lowest BCUT2D eigenvalue weighted by Gasteiger charge is -2.18. The van der Waals surface area contributed by atoms with E-state index in [1.807, 2.05) is 86.7 Å². The Morgan fingerprint density at radius 2 is 1.75 bits per heavy atom. The largest absolute Gasteiger partial charge is 0.386 e. The van der Waals surface area contributed by atoms with Gasteiger partial charge in [0.1, 0.15) is 11.6 Å². The maximum absolute atomic E-state index is 10.7. The Morgan fingerprint density at radius 1 is 1.04 bits per heavy atom. The van der Waals surface area contributed by atoms with Gasteiger partial charge in [0.25, 0.3) is 0 Å². The van der Waals surface area contributed by atoms with Crippen LogP contribution in [0.25, 0.3) is 17.1 Å². The number of aliphatic hydroxyl groups excluding tert-OH is 1. The van der Waals surface area contributed by atoms with Crippen molar-refractivity contribution in [1.29, 1.82) is 0 Å². The molecule has 1 aromatic heterocycles. The molecule has 1 heterocycles. The van der Waals surface area contributed by atoms with Gasteiger partial charge in [-0.2, -0.15) is 0 Å². The lowest BCUT2D eigenvalue weighted by molar-refractivity contribution is 0.173. The minimum Gasteiger partial charge on any atom is -0.386 e. The molecule has 24 heavy (non-hydrogen) atoms. The standard InChI is InChI=1S/C20H21N3O/c1-15(2)14-20(24)19(13-12-16-8-4-3-5-9-16)23-18-11-7-6-10-17(18)21-22-23/h3-14,19-20,24H,1-2H3/b13-12+. The average molecular weight is 319 g/mol. The summed E-state index contributed by atoms with van der Waals surface area (Å²) in [5, 5.41) is 19.1. The molecule has 0 aliphatic heterocycles. The summed E-state index contributed by atoms with van der Waals surface area (Å²) in [6.07, 6.45) is 5.14. The van der Waals surface area contributed by atoms with Crippen LogP contribution in [-0.2, 0) is 0 Å². The minimum atomic E-state index is -0.680. The molecule has 122 valence electrons. The predicted molar refractivity (Wildman–Crippen MR) is 97.5 cm³/mol. The molecule has 0 fully saturated rings. The van der Waals surface area contributed by atoms with Gasteiger partial charge in [-0.15, -0.1) is 5.10 Å². The normalized spacial score (nSPS) is 14.0. The van der Waals surface area contributed by atoms with Crippen molar-refractivity contribution in [2.24, 2.45) is 0 Å². The van der Waals surface area contributed by atoms with E-state index in [4.69, 9.17) is 0 Å². The monoisotopic (exact) mass is 319 g/mol. The van der Waals surface area contributed by atoms with Crippen LogP contribution in [0.15, 0.2) is 72.3 Å². The maximum Gasteiger partial charge on any atom is 0.113 e. The molecule has 0 aliphatic rings. The molecule has 4 heteroatoms. The zero-order valence-electron chi connectivity index (χ0n) is 13.9. The van der Waals surface area contributed by atoms with E-state index < -0.39 is 6.10 Å². The molecular weight excluding hydrogens is 298 g/mol. The van der Waals surface area contributed by atoms with Crippen LogP contribution in [0.4, 0.5) is 0 Å². The first-order valence-electron chi connectivity index (χ1n) is 8.01. The van der Waals surface area contributed by atoms with Crippen LogP contribution in [0.3, 0.4) is 0 Å². The summed E-state index contributed by atoms with van der Waals surface area (Å²) in [7, 11) is 0. The molecule has 0 bridgehead atoms. The first-order valence-corrected chi connectivity index (χ1v) is 8.01. The van der Waals surface area contributed by atoms with E-state index in [0.29, 0.717) is 0 Å². The number of fused-ring (bicyclic) bond motifs is 1. The number of rotatable bonds is 5. The summed E-state index contributed by atoms with van der Waals surface area (Å²) >= 11 is 0. The Bertz CT molecular complexity index is 861. The van der Waals surface area contributed by atoms with E-state index in [9.17, 15) is 5.11 Å². The van der Waals surface area contributed by atoms with E-state index in [2.05, 4.69) is 10.3 Å². The third-order valence-corrected chi connectivity index (χ3v) is 3.80. The van der Waals surface area contributed by atoms with Gasteiger partial charge >= 0.3 is 0 Å². The Balaban J connectivity index is 2.02. The van der Waals surface area contributed by atoms with Gasteiger partial charge in [0.05, 0.1) is 11.6 Å². The predicted octanol–water partition coefficient (Wildman–Crippen LogP) is 4.01. The van der Waals surface area contributed by atoms with E-state index in [-0.39, 0.29) is 6.04 Å². The van der Waals surface area contributed by atoms with Crippen molar-refractivity contribution in [3.05, 3.63) is 77.9 Å². The van der Waals surface area contributed by atoms with E-state index in [1.54, 1.807) is 4.68 Å². The molecule has 3 rings (SSSR count). The number of para-hydroxylation sites is 1. The van der Waals surface area contributed by atoms with Crippen molar-refractivity contribution >= 4 is 17.1 Å². The Morgan fingerprint density at radius 3 is 2.50 bits per heavy atom. The second kappa shape index (κ2) is 7.23. The van der Waals surface area contributed by atoms with Gasteiger partial charge in [0, 0.05) is 0 Å². The smallest absolute Gasteiger partial charge is 0.113 e. The van der Waals surface area contributed by atoms with Gasteiger partial charge < -0.3 is 5.11 Å². The van der Waals surface area contributed by atoms with Gasteiger partial charge in [-0.1, -0.05) is 71.5 Å². The van der Waals surface area contributed by atoms with Crippen LogP contribution in [0.5, 0.6) is 0 Å². The third-order valence-electron chi connectivity index (χ3n) is 3.80. The second-order valence-electron chi connectivity index (χ2n) is 6.02. The summed E-state index contributed by atoms with van der Waals surface area (Å²) in [5.74, 6) is 0. The van der Waals surface area contributed by atoms with Crippen molar-refractivity contribution in [2.45, 2.75) is 26.0 Å². The Kier molecular flexibility index (Phi) is 4.87. The highest BCUT2D eigenvalue weighted by Crippen LogP contribution is 2.22. The fourth-order valence-electron chi connectivity index (χ4n) is 2.66. The van der Waals surface area contributed by atoms with Crippen molar-refractivity contribution in [3.8, 4) is 0 Å². The highest BCUT2D eigenvalue weighted by molar-refractivity contribution is 5.74. The van der Waals surface area contributed by atoms with E-state index in [1.165, 1.54) is 0 Å². The summed E-state index contributed by atoms with van der Waals surface area (Å²) in [6.45, 7) is 3.95. The SMILES string of the molecule is CC(C)=CC(O)C(/C=C/c1ccccc1)n1nnc2ccccc21. The van der Waals surface area contributed by atoms with Crippen LogP contribution < -0.4 is 0 Å². The maximum atomic E-state index is 10.7. The molecule has 2 atom stereocenters. The summed E-state index contributed by atoms with van der Waals surface area (Å²) < 4.78 is 1.78. The molecule has 3 aromatic rings. The van der Waals surface area contributed by atoms with Gasteiger partial charge in [0.15, 0.2) is 0 Å². The number of allylic oxidation sites excluding steroid dienone is 1. The molecule has 1 N–H and O–H groups in total. The molecule has 0 saturated heterocycles. The van der Waals surface area contributed by atoms with Gasteiger partial charge in [-0.05, 0) is 31.5 Å². The lowest BCUT2D eigenvalue weighted by Crippen LogP contribution is -2.22. The van der Waals surface area contributed by atoms with Crippen LogP contribution in [0.1, 0.15) is 25.5 Å². The molecule has 2 aromatic carbocycles. The highest BCUT2D eigenvalue weighted by atomic mass is 16.3. The molecule has 0 saturated carbocycles. The number of aliphatic hydroxyl groups is 1. The number of nitrogens with zero attached hydrogens (tertiary/aromatic N) is 3.